The van der Waals surface area contributed by atoms with E-state index < -0.39 is 0 Å². The van der Waals surface area contributed by atoms with Crippen LogP contribution in [0, 0.1) is 13.8 Å². The molecule has 3 heteroatoms. The van der Waals surface area contributed by atoms with E-state index in [1.54, 1.807) is 0 Å². The monoisotopic (exact) mass is 466 g/mol. The van der Waals surface area contributed by atoms with Gasteiger partial charge in [0.15, 0.2) is 0 Å². The number of carbonyl (C=O) groups is 1. The maximum absolute atomic E-state index is 13.8. The SMILES string of the molecule is Cc1cc(C)cc(N(C(=O)c2ccccc2)C2CCN(C3CCCCC3c3ccccc3)CC2)c1. The lowest BCUT2D eigenvalue weighted by Crippen LogP contribution is -2.51. The zero-order valence-corrected chi connectivity index (χ0v) is 21.2. The average Bonchev–Trinajstić information content (AvgIpc) is 2.90. The van der Waals surface area contributed by atoms with Gasteiger partial charge in [-0.2, -0.15) is 0 Å². The maximum Gasteiger partial charge on any atom is 0.258 e. The number of hydrogen-bond acceptors (Lipinski definition) is 2. The summed E-state index contributed by atoms with van der Waals surface area (Å²) in [6.07, 6.45) is 7.27. The highest BCUT2D eigenvalue weighted by Gasteiger charge is 2.36. The molecule has 2 fully saturated rings. The fraction of sp³-hybridized carbons (Fsp3) is 0.406. The van der Waals surface area contributed by atoms with Crippen LogP contribution in [0.5, 0.6) is 0 Å². The van der Waals surface area contributed by atoms with E-state index in [1.165, 1.54) is 42.4 Å². The van der Waals surface area contributed by atoms with Crippen LogP contribution in [0.25, 0.3) is 0 Å². The summed E-state index contributed by atoms with van der Waals surface area (Å²) in [5.41, 5.74) is 5.71. The van der Waals surface area contributed by atoms with Gasteiger partial charge in [0.2, 0.25) is 0 Å². The standard InChI is InChI=1S/C32H38N2O/c1-24-21-25(2)23-29(22-24)34(32(35)27-13-7-4-8-14-27)28-17-19-33(20-18-28)31-16-10-9-15-30(31)26-11-5-3-6-12-26/h3-8,11-14,21-23,28,30-31H,9-10,15-20H2,1-2H3. The Morgan fingerprint density at radius 2 is 1.37 bits per heavy atom. The molecule has 1 aliphatic heterocycles. The molecule has 2 atom stereocenters. The summed E-state index contributed by atoms with van der Waals surface area (Å²) in [6.45, 7) is 6.36. The quantitative estimate of drug-likeness (QED) is 0.399. The number of rotatable bonds is 5. The number of aryl methyl sites for hydroxylation is 2. The summed E-state index contributed by atoms with van der Waals surface area (Å²) in [5, 5.41) is 0. The molecule has 0 bridgehead atoms. The molecule has 0 N–H and O–H groups in total. The first-order chi connectivity index (χ1) is 17.1. The van der Waals surface area contributed by atoms with Gasteiger partial charge in [-0.05, 0) is 86.4 Å². The normalized spacial score (nSPS) is 21.5. The van der Waals surface area contributed by atoms with E-state index in [-0.39, 0.29) is 11.9 Å². The van der Waals surface area contributed by atoms with Gasteiger partial charge < -0.3 is 4.90 Å². The van der Waals surface area contributed by atoms with E-state index in [1.807, 2.05) is 30.3 Å². The minimum absolute atomic E-state index is 0.119. The van der Waals surface area contributed by atoms with Crippen molar-refractivity contribution in [2.75, 3.05) is 18.0 Å². The highest BCUT2D eigenvalue weighted by atomic mass is 16.2. The minimum atomic E-state index is 0.119. The Balaban J connectivity index is 1.37. The molecule has 1 heterocycles. The second kappa shape index (κ2) is 10.8. The molecule has 3 aromatic rings. The highest BCUT2D eigenvalue weighted by Crippen LogP contribution is 2.38. The molecular weight excluding hydrogens is 428 g/mol. The Hall–Kier alpha value is -2.91. The van der Waals surface area contributed by atoms with Crippen LogP contribution in [0.4, 0.5) is 5.69 Å². The number of hydrogen-bond donors (Lipinski definition) is 0. The largest absolute Gasteiger partial charge is 0.305 e. The second-order valence-corrected chi connectivity index (χ2v) is 10.5. The Kier molecular flexibility index (Phi) is 7.34. The van der Waals surface area contributed by atoms with Crippen LogP contribution < -0.4 is 4.90 Å². The first-order valence-corrected chi connectivity index (χ1v) is 13.4. The second-order valence-electron chi connectivity index (χ2n) is 10.5. The van der Waals surface area contributed by atoms with Crippen molar-refractivity contribution in [2.45, 2.75) is 70.4 Å². The van der Waals surface area contributed by atoms with Crippen molar-refractivity contribution in [1.29, 1.82) is 0 Å². The Labute approximate surface area is 210 Å². The van der Waals surface area contributed by atoms with E-state index in [0.29, 0.717) is 12.0 Å². The topological polar surface area (TPSA) is 23.6 Å². The number of nitrogens with zero attached hydrogens (tertiary/aromatic N) is 2. The summed E-state index contributed by atoms with van der Waals surface area (Å²) in [7, 11) is 0. The minimum Gasteiger partial charge on any atom is -0.305 e. The number of carbonyl (C=O) groups excluding carboxylic acids is 1. The molecule has 1 aliphatic carbocycles. The third-order valence-electron chi connectivity index (χ3n) is 8.01. The molecule has 1 amide bonds. The molecule has 0 spiro atoms. The van der Waals surface area contributed by atoms with Crippen molar-refractivity contribution in [3.8, 4) is 0 Å². The van der Waals surface area contributed by atoms with Crippen LogP contribution >= 0.6 is 0 Å². The fourth-order valence-electron chi connectivity index (χ4n) is 6.42. The van der Waals surface area contributed by atoms with Crippen LogP contribution in [0.15, 0.2) is 78.9 Å². The molecule has 1 saturated heterocycles. The zero-order chi connectivity index (χ0) is 24.2. The molecule has 3 aromatic carbocycles. The van der Waals surface area contributed by atoms with Gasteiger partial charge in [-0.1, -0.05) is 67.4 Å². The van der Waals surface area contributed by atoms with Crippen LogP contribution in [-0.4, -0.2) is 36.0 Å². The molecule has 1 saturated carbocycles. The van der Waals surface area contributed by atoms with Crippen molar-refractivity contribution in [2.24, 2.45) is 0 Å². The van der Waals surface area contributed by atoms with Gasteiger partial charge in [0, 0.05) is 36.4 Å². The van der Waals surface area contributed by atoms with Crippen molar-refractivity contribution in [1.82, 2.24) is 4.90 Å². The first kappa shape index (κ1) is 23.8. The third kappa shape index (κ3) is 5.36. The van der Waals surface area contributed by atoms with Crippen LogP contribution in [0.2, 0.25) is 0 Å². The molecule has 0 radical (unpaired) electrons. The summed E-state index contributed by atoms with van der Waals surface area (Å²) in [5.74, 6) is 0.747. The lowest BCUT2D eigenvalue weighted by molar-refractivity contribution is 0.0895. The van der Waals surface area contributed by atoms with E-state index in [0.717, 1.165) is 37.2 Å². The molecule has 0 aromatic heterocycles. The molecule has 3 nitrogen and oxygen atoms in total. The number of likely N-dealkylation sites (tertiary alicyclic amines) is 1. The summed E-state index contributed by atoms with van der Waals surface area (Å²) in [6, 6.07) is 28.3. The van der Waals surface area contributed by atoms with E-state index in [2.05, 4.69) is 72.2 Å². The Morgan fingerprint density at radius 3 is 2.03 bits per heavy atom. The molecule has 2 aliphatic rings. The Morgan fingerprint density at radius 1 is 0.771 bits per heavy atom. The lowest BCUT2D eigenvalue weighted by atomic mass is 9.78. The number of anilines is 1. The smallest absolute Gasteiger partial charge is 0.258 e. The molecule has 2 unspecified atom stereocenters. The van der Waals surface area contributed by atoms with Gasteiger partial charge in [-0.3, -0.25) is 9.69 Å². The molecule has 182 valence electrons. The van der Waals surface area contributed by atoms with E-state index in [4.69, 9.17) is 0 Å². The van der Waals surface area contributed by atoms with Gasteiger partial charge in [0.05, 0.1) is 0 Å². The highest BCUT2D eigenvalue weighted by molar-refractivity contribution is 6.06. The number of piperidine rings is 1. The van der Waals surface area contributed by atoms with Crippen molar-refractivity contribution in [3.05, 3.63) is 101 Å². The summed E-state index contributed by atoms with van der Waals surface area (Å²) in [4.78, 5) is 18.6. The van der Waals surface area contributed by atoms with Gasteiger partial charge >= 0.3 is 0 Å². The maximum atomic E-state index is 13.8. The molecular formula is C32H38N2O. The van der Waals surface area contributed by atoms with Crippen molar-refractivity contribution in [3.63, 3.8) is 0 Å². The number of benzene rings is 3. The van der Waals surface area contributed by atoms with E-state index in [9.17, 15) is 4.79 Å². The number of amides is 1. The van der Waals surface area contributed by atoms with Gasteiger partial charge in [-0.15, -0.1) is 0 Å². The predicted molar refractivity (Wildman–Crippen MR) is 145 cm³/mol. The van der Waals surface area contributed by atoms with Crippen molar-refractivity contribution < 1.29 is 4.79 Å². The van der Waals surface area contributed by atoms with Crippen LogP contribution in [0.1, 0.15) is 71.5 Å². The molecule has 5 rings (SSSR count). The Bertz CT molecular complexity index is 1100. The predicted octanol–water partition coefficient (Wildman–Crippen LogP) is 7.14. The van der Waals surface area contributed by atoms with Crippen molar-refractivity contribution >= 4 is 11.6 Å². The lowest BCUT2D eigenvalue weighted by Gasteiger charge is -2.45. The summed E-state index contributed by atoms with van der Waals surface area (Å²) >= 11 is 0. The first-order valence-electron chi connectivity index (χ1n) is 13.4. The fourth-order valence-corrected chi connectivity index (χ4v) is 6.42. The zero-order valence-electron chi connectivity index (χ0n) is 21.2. The average molecular weight is 467 g/mol. The summed E-state index contributed by atoms with van der Waals surface area (Å²) < 4.78 is 0. The third-order valence-corrected chi connectivity index (χ3v) is 8.01. The van der Waals surface area contributed by atoms with Gasteiger partial charge in [-0.25, -0.2) is 0 Å². The van der Waals surface area contributed by atoms with Crippen LogP contribution in [0.3, 0.4) is 0 Å². The molecule has 35 heavy (non-hydrogen) atoms. The van der Waals surface area contributed by atoms with E-state index >= 15 is 0 Å². The van der Waals surface area contributed by atoms with Crippen LogP contribution in [-0.2, 0) is 0 Å². The van der Waals surface area contributed by atoms with Gasteiger partial charge in [0.25, 0.3) is 5.91 Å². The van der Waals surface area contributed by atoms with Gasteiger partial charge in [0.1, 0.15) is 0 Å².